The molecule has 0 fully saturated rings. The third-order valence-electron chi connectivity index (χ3n) is 3.92. The van der Waals surface area contributed by atoms with Crippen LogP contribution in [0.4, 0.5) is 5.69 Å². The molecular weight excluding hydrogens is 399 g/mol. The molecule has 1 aromatic heterocycles. The molecule has 3 aromatic rings. The molecule has 7 heteroatoms. The lowest BCUT2D eigenvalue weighted by Gasteiger charge is -2.15. The van der Waals surface area contributed by atoms with Gasteiger partial charge in [-0.3, -0.25) is 9.59 Å². The summed E-state index contributed by atoms with van der Waals surface area (Å²) >= 11 is 11.8. The zero-order valence-corrected chi connectivity index (χ0v) is 16.4. The number of carbonyl (C=O) groups is 2. The van der Waals surface area contributed by atoms with Gasteiger partial charge in [-0.2, -0.15) is 0 Å². The molecule has 0 saturated heterocycles. The number of anilines is 1. The smallest absolute Gasteiger partial charge is 0.265 e. The minimum atomic E-state index is -0.769. The minimum Gasteiger partial charge on any atom is -0.481 e. The summed E-state index contributed by atoms with van der Waals surface area (Å²) in [5.41, 5.74) is 1.46. The average molecular weight is 415 g/mol. The van der Waals surface area contributed by atoms with Crippen LogP contribution in [0.25, 0.3) is 0 Å². The van der Waals surface area contributed by atoms with Crippen molar-refractivity contribution in [1.82, 2.24) is 4.98 Å². The molecule has 0 aliphatic carbocycles. The molecule has 1 amide bonds. The molecule has 0 aliphatic heterocycles. The van der Waals surface area contributed by atoms with E-state index >= 15 is 0 Å². The van der Waals surface area contributed by atoms with Crippen LogP contribution in [0.3, 0.4) is 0 Å². The standard InChI is InChI=1S/C21H16Cl2N2O3/c1-13(21(27)25-18-3-2-12-24-20(18)23)28-17-10-6-15(7-11-17)19(26)14-4-8-16(22)9-5-14/h2-13H,1H3,(H,25,27)/t13-/m1/s1. The Hall–Kier alpha value is -2.89. The van der Waals surface area contributed by atoms with Crippen molar-refractivity contribution in [2.75, 3.05) is 5.32 Å². The number of nitrogens with one attached hydrogen (secondary N) is 1. The van der Waals surface area contributed by atoms with Crippen LogP contribution in [0.15, 0.2) is 66.9 Å². The van der Waals surface area contributed by atoms with Gasteiger partial charge in [0, 0.05) is 22.3 Å². The molecule has 0 spiro atoms. The molecule has 3 rings (SSSR count). The molecule has 0 unspecified atom stereocenters. The summed E-state index contributed by atoms with van der Waals surface area (Å²) in [5, 5.41) is 3.43. The third-order valence-corrected chi connectivity index (χ3v) is 4.48. The molecule has 0 bridgehead atoms. The first-order valence-electron chi connectivity index (χ1n) is 8.42. The van der Waals surface area contributed by atoms with Crippen molar-refractivity contribution in [3.63, 3.8) is 0 Å². The summed E-state index contributed by atoms with van der Waals surface area (Å²) < 4.78 is 5.64. The van der Waals surface area contributed by atoms with Crippen LogP contribution in [-0.2, 0) is 4.79 Å². The number of benzene rings is 2. The van der Waals surface area contributed by atoms with E-state index in [0.29, 0.717) is 27.6 Å². The summed E-state index contributed by atoms with van der Waals surface area (Å²) in [4.78, 5) is 28.6. The molecule has 28 heavy (non-hydrogen) atoms. The quantitative estimate of drug-likeness (QED) is 0.453. The molecule has 2 aromatic carbocycles. The van der Waals surface area contributed by atoms with Crippen LogP contribution in [0, 0.1) is 0 Å². The van der Waals surface area contributed by atoms with Crippen LogP contribution in [0.2, 0.25) is 10.2 Å². The van der Waals surface area contributed by atoms with Crippen LogP contribution in [-0.4, -0.2) is 22.8 Å². The Kier molecular flexibility index (Phi) is 6.29. The first-order valence-corrected chi connectivity index (χ1v) is 9.18. The Morgan fingerprint density at radius 1 is 0.964 bits per heavy atom. The van der Waals surface area contributed by atoms with Gasteiger partial charge in [0.05, 0.1) is 5.69 Å². The van der Waals surface area contributed by atoms with Gasteiger partial charge in [-0.25, -0.2) is 4.98 Å². The maximum Gasteiger partial charge on any atom is 0.265 e. The van der Waals surface area contributed by atoms with Gasteiger partial charge in [-0.1, -0.05) is 23.2 Å². The van der Waals surface area contributed by atoms with Gasteiger partial charge in [0.2, 0.25) is 0 Å². The molecule has 142 valence electrons. The van der Waals surface area contributed by atoms with Crippen molar-refractivity contribution in [3.05, 3.63) is 88.2 Å². The zero-order valence-electron chi connectivity index (χ0n) is 14.9. The van der Waals surface area contributed by atoms with E-state index < -0.39 is 6.10 Å². The number of nitrogens with zero attached hydrogens (tertiary/aromatic N) is 1. The number of aromatic nitrogens is 1. The van der Waals surface area contributed by atoms with Crippen molar-refractivity contribution in [2.24, 2.45) is 0 Å². The summed E-state index contributed by atoms with van der Waals surface area (Å²) in [6.07, 6.45) is 0.763. The number of hydrogen-bond donors (Lipinski definition) is 1. The zero-order chi connectivity index (χ0) is 20.1. The van der Waals surface area contributed by atoms with Gasteiger partial charge in [0.1, 0.15) is 5.75 Å². The fourth-order valence-corrected chi connectivity index (χ4v) is 2.72. The first-order chi connectivity index (χ1) is 13.4. The van der Waals surface area contributed by atoms with E-state index in [1.54, 1.807) is 67.6 Å². The van der Waals surface area contributed by atoms with E-state index in [1.807, 2.05) is 0 Å². The van der Waals surface area contributed by atoms with E-state index in [2.05, 4.69) is 10.3 Å². The van der Waals surface area contributed by atoms with Crippen LogP contribution >= 0.6 is 23.2 Å². The number of amides is 1. The minimum absolute atomic E-state index is 0.125. The molecule has 1 heterocycles. The summed E-state index contributed by atoms with van der Waals surface area (Å²) in [6.45, 7) is 1.62. The molecule has 5 nitrogen and oxygen atoms in total. The van der Waals surface area contributed by atoms with Crippen molar-refractivity contribution in [3.8, 4) is 5.75 Å². The van der Waals surface area contributed by atoms with Gasteiger partial charge in [-0.05, 0) is 67.6 Å². The number of hydrogen-bond acceptors (Lipinski definition) is 4. The molecule has 1 atom stereocenters. The Morgan fingerprint density at radius 3 is 2.18 bits per heavy atom. The second-order valence-electron chi connectivity index (χ2n) is 5.95. The van der Waals surface area contributed by atoms with Crippen molar-refractivity contribution in [2.45, 2.75) is 13.0 Å². The molecule has 0 radical (unpaired) electrons. The maximum atomic E-state index is 12.5. The molecular formula is C21H16Cl2N2O3. The predicted octanol–water partition coefficient (Wildman–Crippen LogP) is 5.03. The van der Waals surface area contributed by atoms with Gasteiger partial charge in [0.15, 0.2) is 17.0 Å². The highest BCUT2D eigenvalue weighted by Crippen LogP contribution is 2.20. The molecule has 0 saturated carbocycles. The largest absolute Gasteiger partial charge is 0.481 e. The molecule has 0 aliphatic rings. The number of rotatable bonds is 6. The fraction of sp³-hybridized carbons (Fsp3) is 0.0952. The first kappa shape index (κ1) is 19.9. The number of ether oxygens (including phenoxy) is 1. The number of halogens is 2. The highest BCUT2D eigenvalue weighted by atomic mass is 35.5. The van der Waals surface area contributed by atoms with Crippen molar-refractivity contribution >= 4 is 40.6 Å². The Labute approximate surface area is 172 Å². The van der Waals surface area contributed by atoms with Crippen molar-refractivity contribution in [1.29, 1.82) is 0 Å². The van der Waals surface area contributed by atoms with Crippen LogP contribution in [0.5, 0.6) is 5.75 Å². The SMILES string of the molecule is C[C@@H](Oc1ccc(C(=O)c2ccc(Cl)cc2)cc1)C(=O)Nc1cccnc1Cl. The summed E-state index contributed by atoms with van der Waals surface area (Å²) in [7, 11) is 0. The van der Waals surface area contributed by atoms with E-state index in [0.717, 1.165) is 0 Å². The monoisotopic (exact) mass is 414 g/mol. The second kappa shape index (κ2) is 8.87. The Bertz CT molecular complexity index is 989. The number of carbonyl (C=O) groups excluding carboxylic acids is 2. The van der Waals surface area contributed by atoms with Crippen LogP contribution in [0.1, 0.15) is 22.8 Å². The molecule has 1 N–H and O–H groups in total. The Balaban J connectivity index is 1.63. The lowest BCUT2D eigenvalue weighted by molar-refractivity contribution is -0.122. The normalized spacial score (nSPS) is 11.5. The van der Waals surface area contributed by atoms with Gasteiger partial charge < -0.3 is 10.1 Å². The fourth-order valence-electron chi connectivity index (χ4n) is 2.42. The lowest BCUT2D eigenvalue weighted by Crippen LogP contribution is -2.30. The van der Waals surface area contributed by atoms with Gasteiger partial charge >= 0.3 is 0 Å². The highest BCUT2D eigenvalue weighted by Gasteiger charge is 2.17. The predicted molar refractivity (Wildman–Crippen MR) is 109 cm³/mol. The maximum absolute atomic E-state index is 12.5. The van der Waals surface area contributed by atoms with E-state index in [9.17, 15) is 9.59 Å². The highest BCUT2D eigenvalue weighted by molar-refractivity contribution is 6.32. The van der Waals surface area contributed by atoms with E-state index in [1.165, 1.54) is 6.20 Å². The second-order valence-corrected chi connectivity index (χ2v) is 6.75. The van der Waals surface area contributed by atoms with E-state index in [-0.39, 0.29) is 16.8 Å². The van der Waals surface area contributed by atoms with E-state index in [4.69, 9.17) is 27.9 Å². The van der Waals surface area contributed by atoms with Crippen molar-refractivity contribution < 1.29 is 14.3 Å². The van der Waals surface area contributed by atoms with Gasteiger partial charge in [-0.15, -0.1) is 0 Å². The van der Waals surface area contributed by atoms with Crippen LogP contribution < -0.4 is 10.1 Å². The topological polar surface area (TPSA) is 68.3 Å². The van der Waals surface area contributed by atoms with Gasteiger partial charge in [0.25, 0.3) is 5.91 Å². The Morgan fingerprint density at radius 2 is 1.57 bits per heavy atom. The number of pyridine rings is 1. The average Bonchev–Trinajstić information content (AvgIpc) is 2.70. The third kappa shape index (κ3) is 4.88. The summed E-state index contributed by atoms with van der Waals surface area (Å²) in [5.74, 6) is -0.0240. The lowest BCUT2D eigenvalue weighted by atomic mass is 10.0. The summed E-state index contributed by atoms with van der Waals surface area (Å²) in [6, 6.07) is 16.6. The number of ketones is 1.